The van der Waals surface area contributed by atoms with Crippen molar-refractivity contribution in [1.29, 1.82) is 0 Å². The van der Waals surface area contributed by atoms with Crippen molar-refractivity contribution in [3.8, 4) is 5.75 Å². The summed E-state index contributed by atoms with van der Waals surface area (Å²) in [7, 11) is 0. The second-order valence-electron chi connectivity index (χ2n) is 7.80. The van der Waals surface area contributed by atoms with E-state index in [1.165, 1.54) is 0 Å². The zero-order valence-corrected chi connectivity index (χ0v) is 17.7. The van der Waals surface area contributed by atoms with Crippen molar-refractivity contribution in [2.75, 3.05) is 46.0 Å². The molecule has 1 saturated heterocycles. The first kappa shape index (κ1) is 21.3. The van der Waals surface area contributed by atoms with Crippen molar-refractivity contribution in [1.82, 2.24) is 9.80 Å². The van der Waals surface area contributed by atoms with Crippen LogP contribution in [0.2, 0.25) is 0 Å². The molecule has 0 aromatic heterocycles. The molecule has 1 amide bonds. The van der Waals surface area contributed by atoms with Crippen LogP contribution in [0.25, 0.3) is 0 Å². The number of nitrogens with zero attached hydrogens (tertiary/aromatic N) is 2. The van der Waals surface area contributed by atoms with Crippen LogP contribution >= 0.6 is 0 Å². The lowest BCUT2D eigenvalue weighted by Crippen LogP contribution is -2.49. The number of rotatable bonds is 7. The molecule has 1 N–H and O–H groups in total. The molecular formula is C24H28N2O5. The third-order valence-electron chi connectivity index (χ3n) is 6.00. The smallest absolute Gasteiger partial charge is 0.313 e. The van der Waals surface area contributed by atoms with E-state index in [0.29, 0.717) is 44.0 Å². The molecule has 0 spiro atoms. The zero-order chi connectivity index (χ0) is 21.8. The van der Waals surface area contributed by atoms with Gasteiger partial charge >= 0.3 is 5.97 Å². The van der Waals surface area contributed by atoms with Gasteiger partial charge in [0.25, 0.3) is 5.91 Å². The Labute approximate surface area is 182 Å². The Balaban J connectivity index is 1.71. The number of ether oxygens (including phenoxy) is 2. The minimum absolute atomic E-state index is 0.125. The van der Waals surface area contributed by atoms with Crippen molar-refractivity contribution >= 4 is 11.9 Å². The van der Waals surface area contributed by atoms with Gasteiger partial charge in [-0.25, -0.2) is 0 Å². The maximum absolute atomic E-state index is 13.5. The van der Waals surface area contributed by atoms with E-state index in [9.17, 15) is 14.7 Å². The summed E-state index contributed by atoms with van der Waals surface area (Å²) >= 11 is 0. The summed E-state index contributed by atoms with van der Waals surface area (Å²) < 4.78 is 11.0. The Bertz CT molecular complexity index is 924. The summed E-state index contributed by atoms with van der Waals surface area (Å²) in [6.07, 6.45) is 0. The molecule has 1 fully saturated rings. The topological polar surface area (TPSA) is 79.3 Å². The molecule has 7 nitrogen and oxygen atoms in total. The number of hydrogen-bond acceptors (Lipinski definition) is 5. The number of amides is 1. The number of aliphatic carboxylic acids is 1. The lowest BCUT2D eigenvalue weighted by molar-refractivity contribution is -0.140. The van der Waals surface area contributed by atoms with Crippen LogP contribution in [-0.4, -0.2) is 72.8 Å². The van der Waals surface area contributed by atoms with Crippen LogP contribution in [0.5, 0.6) is 5.75 Å². The predicted molar refractivity (Wildman–Crippen MR) is 115 cm³/mol. The fourth-order valence-electron chi connectivity index (χ4n) is 4.48. The van der Waals surface area contributed by atoms with Crippen molar-refractivity contribution in [3.05, 3.63) is 65.2 Å². The summed E-state index contributed by atoms with van der Waals surface area (Å²) in [5, 5.41) is 10.2. The number of carboxylic acids is 1. The first-order chi connectivity index (χ1) is 15.1. The Kier molecular flexibility index (Phi) is 6.53. The van der Waals surface area contributed by atoms with Gasteiger partial charge in [0, 0.05) is 31.7 Å². The summed E-state index contributed by atoms with van der Waals surface area (Å²) in [6.45, 7) is 6.58. The number of morpholine rings is 1. The number of hydrogen-bond donors (Lipinski definition) is 1. The van der Waals surface area contributed by atoms with Crippen LogP contribution in [0, 0.1) is 0 Å². The first-order valence-corrected chi connectivity index (χ1v) is 10.8. The molecule has 31 heavy (non-hydrogen) atoms. The lowest BCUT2D eigenvalue weighted by atomic mass is 9.79. The molecular weight excluding hydrogens is 396 g/mol. The highest BCUT2D eigenvalue weighted by molar-refractivity contribution is 6.00. The average molecular weight is 424 g/mol. The van der Waals surface area contributed by atoms with Crippen molar-refractivity contribution in [2.45, 2.75) is 18.9 Å². The molecule has 2 atom stereocenters. The molecule has 2 aromatic carbocycles. The van der Waals surface area contributed by atoms with Gasteiger partial charge in [-0.1, -0.05) is 30.3 Å². The summed E-state index contributed by atoms with van der Waals surface area (Å²) in [5.41, 5.74) is 1.83. The molecule has 164 valence electrons. The van der Waals surface area contributed by atoms with Crippen molar-refractivity contribution < 1.29 is 24.2 Å². The highest BCUT2D eigenvalue weighted by Gasteiger charge is 2.44. The van der Waals surface area contributed by atoms with Gasteiger partial charge in [0.15, 0.2) is 0 Å². The van der Waals surface area contributed by atoms with Gasteiger partial charge in [0.05, 0.1) is 25.9 Å². The molecule has 0 unspecified atom stereocenters. The third-order valence-corrected chi connectivity index (χ3v) is 6.00. The third kappa shape index (κ3) is 4.43. The van der Waals surface area contributed by atoms with E-state index in [2.05, 4.69) is 4.90 Å². The first-order valence-electron chi connectivity index (χ1n) is 10.8. The molecule has 7 heteroatoms. The van der Waals surface area contributed by atoms with Crippen LogP contribution in [0.1, 0.15) is 40.4 Å². The van der Waals surface area contributed by atoms with Gasteiger partial charge in [-0.2, -0.15) is 0 Å². The molecule has 0 radical (unpaired) electrons. The van der Waals surface area contributed by atoms with Gasteiger partial charge < -0.3 is 19.5 Å². The van der Waals surface area contributed by atoms with E-state index >= 15 is 0 Å². The second kappa shape index (κ2) is 9.49. The highest BCUT2D eigenvalue weighted by Crippen LogP contribution is 2.43. The van der Waals surface area contributed by atoms with Gasteiger partial charge in [-0.15, -0.1) is 0 Å². The van der Waals surface area contributed by atoms with E-state index in [0.717, 1.165) is 24.4 Å². The molecule has 0 bridgehead atoms. The van der Waals surface area contributed by atoms with Gasteiger partial charge in [0.2, 0.25) is 0 Å². The van der Waals surface area contributed by atoms with Crippen LogP contribution in [0.3, 0.4) is 0 Å². The number of carbonyl (C=O) groups excluding carboxylic acids is 1. The minimum atomic E-state index is -0.935. The molecule has 2 aliphatic rings. The van der Waals surface area contributed by atoms with Crippen molar-refractivity contribution in [2.24, 2.45) is 0 Å². The average Bonchev–Trinajstić information content (AvgIpc) is 2.79. The molecule has 2 aliphatic heterocycles. The van der Waals surface area contributed by atoms with E-state index < -0.39 is 17.9 Å². The highest BCUT2D eigenvalue weighted by atomic mass is 16.5. The molecule has 4 rings (SSSR count). The zero-order valence-electron chi connectivity index (χ0n) is 17.7. The van der Waals surface area contributed by atoms with Crippen LogP contribution < -0.4 is 4.74 Å². The molecule has 0 aliphatic carbocycles. The quantitative estimate of drug-likeness (QED) is 0.736. The summed E-state index contributed by atoms with van der Waals surface area (Å²) in [6, 6.07) is 13.9. The largest absolute Gasteiger partial charge is 0.494 e. The van der Waals surface area contributed by atoms with Gasteiger partial charge in [-0.05, 0) is 36.2 Å². The monoisotopic (exact) mass is 424 g/mol. The van der Waals surface area contributed by atoms with Crippen LogP contribution in [-0.2, 0) is 9.53 Å². The number of fused-ring (bicyclic) bond motifs is 1. The molecule has 0 saturated carbocycles. The number of carbonyl (C=O) groups is 2. The van der Waals surface area contributed by atoms with Crippen LogP contribution in [0.4, 0.5) is 0 Å². The Morgan fingerprint density at radius 1 is 1.10 bits per heavy atom. The maximum atomic E-state index is 13.5. The SMILES string of the molecule is CCOc1ccc([C@H]2[C@H](C(=O)O)c3ccccc3C(=O)N2CCN2CCOCC2)cc1. The van der Waals surface area contributed by atoms with Gasteiger partial charge in [-0.3, -0.25) is 14.5 Å². The van der Waals surface area contributed by atoms with Crippen LogP contribution in [0.15, 0.2) is 48.5 Å². The Morgan fingerprint density at radius 3 is 2.48 bits per heavy atom. The fraction of sp³-hybridized carbons (Fsp3) is 0.417. The van der Waals surface area contributed by atoms with E-state index in [4.69, 9.17) is 9.47 Å². The Hall–Kier alpha value is -2.90. The van der Waals surface area contributed by atoms with E-state index in [1.54, 1.807) is 29.2 Å². The van der Waals surface area contributed by atoms with Gasteiger partial charge in [0.1, 0.15) is 11.7 Å². The summed E-state index contributed by atoms with van der Waals surface area (Å²) in [4.78, 5) is 29.9. The normalized spacial score (nSPS) is 21.6. The summed E-state index contributed by atoms with van der Waals surface area (Å²) in [5.74, 6) is -1.17. The minimum Gasteiger partial charge on any atom is -0.494 e. The number of benzene rings is 2. The molecule has 2 aromatic rings. The fourth-order valence-corrected chi connectivity index (χ4v) is 4.48. The van der Waals surface area contributed by atoms with E-state index in [-0.39, 0.29) is 5.91 Å². The second-order valence-corrected chi connectivity index (χ2v) is 7.80. The van der Waals surface area contributed by atoms with E-state index in [1.807, 2.05) is 31.2 Å². The Morgan fingerprint density at radius 2 is 1.81 bits per heavy atom. The standard InChI is InChI=1S/C24H28N2O5/c1-2-31-18-9-7-17(8-10-18)22-21(24(28)29)19-5-3-4-6-20(19)23(27)26(22)12-11-25-13-15-30-16-14-25/h3-10,21-22H,2,11-16H2,1H3,(H,28,29)/t21-,22+/m1/s1. The lowest BCUT2D eigenvalue weighted by Gasteiger charge is -2.42. The predicted octanol–water partition coefficient (Wildman–Crippen LogP) is 2.78. The number of carboxylic acid groups (broad SMARTS) is 1. The molecule has 2 heterocycles. The maximum Gasteiger partial charge on any atom is 0.313 e. The van der Waals surface area contributed by atoms with Crippen molar-refractivity contribution in [3.63, 3.8) is 0 Å².